The van der Waals surface area contributed by atoms with Gasteiger partial charge in [0, 0.05) is 32.2 Å². The lowest BCUT2D eigenvalue weighted by Crippen LogP contribution is -2.56. The van der Waals surface area contributed by atoms with Gasteiger partial charge in [0.1, 0.15) is 0 Å². The van der Waals surface area contributed by atoms with E-state index in [2.05, 4.69) is 14.8 Å². The molecule has 0 N–H and O–H groups in total. The topological polar surface area (TPSA) is 56.2 Å². The first-order chi connectivity index (χ1) is 12.5. The van der Waals surface area contributed by atoms with E-state index in [4.69, 9.17) is 0 Å². The van der Waals surface area contributed by atoms with E-state index in [0.717, 1.165) is 43.3 Å². The molecule has 1 saturated heterocycles. The lowest BCUT2D eigenvalue weighted by atomic mass is 9.91. The van der Waals surface area contributed by atoms with Gasteiger partial charge in [-0.15, -0.1) is 0 Å². The summed E-state index contributed by atoms with van der Waals surface area (Å²) in [5.74, 6) is 0.637. The molecule has 1 aromatic carbocycles. The zero-order valence-corrected chi connectivity index (χ0v) is 16.5. The molecule has 0 aromatic heterocycles. The minimum absolute atomic E-state index is 0.394. The summed E-state index contributed by atoms with van der Waals surface area (Å²) in [7, 11) is -3.56. The van der Waals surface area contributed by atoms with Gasteiger partial charge in [-0.2, -0.15) is 0 Å². The Bertz CT molecular complexity index is 809. The predicted molar refractivity (Wildman–Crippen MR) is 103 cm³/mol. The first-order valence-electron chi connectivity index (χ1n) is 9.60. The molecule has 0 radical (unpaired) electrons. The van der Waals surface area contributed by atoms with E-state index in [1.54, 1.807) is 6.07 Å². The summed E-state index contributed by atoms with van der Waals surface area (Å²) in [6, 6.07) is 6.27. The molecular formula is C19H28N4O2S. The van der Waals surface area contributed by atoms with Crippen LogP contribution >= 0.6 is 0 Å². The van der Waals surface area contributed by atoms with Crippen LogP contribution < -0.4 is 0 Å². The van der Waals surface area contributed by atoms with Crippen molar-refractivity contribution in [3.63, 3.8) is 0 Å². The number of aliphatic imine (C=N–C) groups is 1. The van der Waals surface area contributed by atoms with Crippen LogP contribution in [0.5, 0.6) is 0 Å². The monoisotopic (exact) mass is 376 g/mol. The number of rotatable bonds is 3. The van der Waals surface area contributed by atoms with E-state index in [1.807, 2.05) is 26.0 Å². The molecule has 2 fully saturated rings. The number of benzene rings is 1. The van der Waals surface area contributed by atoms with Crippen LogP contribution in [0.25, 0.3) is 0 Å². The van der Waals surface area contributed by atoms with Crippen molar-refractivity contribution in [3.05, 3.63) is 29.3 Å². The van der Waals surface area contributed by atoms with Gasteiger partial charge in [0.2, 0.25) is 5.96 Å². The van der Waals surface area contributed by atoms with Crippen molar-refractivity contribution in [2.45, 2.75) is 44.0 Å². The van der Waals surface area contributed by atoms with Crippen LogP contribution in [0.1, 0.15) is 30.4 Å². The lowest BCUT2D eigenvalue weighted by molar-refractivity contribution is 0.0833. The van der Waals surface area contributed by atoms with Gasteiger partial charge >= 0.3 is 0 Å². The third kappa shape index (κ3) is 3.11. The van der Waals surface area contributed by atoms with Gasteiger partial charge in [-0.05, 0) is 38.3 Å². The second-order valence-electron chi connectivity index (χ2n) is 7.64. The quantitative estimate of drug-likeness (QED) is 0.808. The Kier molecular flexibility index (Phi) is 4.69. The van der Waals surface area contributed by atoms with Gasteiger partial charge in [0.25, 0.3) is 10.0 Å². The number of hydrogen-bond acceptors (Lipinski definition) is 5. The summed E-state index contributed by atoms with van der Waals surface area (Å²) < 4.78 is 28.0. The molecule has 0 bridgehead atoms. The second kappa shape index (κ2) is 6.85. The molecule has 1 aromatic rings. The fourth-order valence-corrected chi connectivity index (χ4v) is 5.80. The average Bonchev–Trinajstić information content (AvgIpc) is 3.04. The predicted octanol–water partition coefficient (Wildman–Crippen LogP) is 1.83. The van der Waals surface area contributed by atoms with Crippen LogP contribution in [0.3, 0.4) is 0 Å². The summed E-state index contributed by atoms with van der Waals surface area (Å²) in [6.45, 7) is 8.54. The third-order valence-corrected chi connectivity index (χ3v) is 7.81. The van der Waals surface area contributed by atoms with E-state index >= 15 is 0 Å². The van der Waals surface area contributed by atoms with Crippen molar-refractivity contribution in [2.24, 2.45) is 4.99 Å². The highest BCUT2D eigenvalue weighted by atomic mass is 32.2. The molecule has 2 aliphatic heterocycles. The molecule has 0 spiro atoms. The van der Waals surface area contributed by atoms with Crippen LogP contribution in [-0.4, -0.2) is 73.8 Å². The molecule has 1 saturated carbocycles. The number of nitrogens with zero attached hydrogens (tertiary/aromatic N) is 4. The molecule has 0 atom stereocenters. The van der Waals surface area contributed by atoms with Crippen molar-refractivity contribution < 1.29 is 8.42 Å². The Morgan fingerprint density at radius 3 is 2.38 bits per heavy atom. The lowest BCUT2D eigenvalue weighted by Gasteiger charge is -2.44. The minimum atomic E-state index is -3.56. The molecule has 4 rings (SSSR count). The molecule has 0 unspecified atom stereocenters. The summed E-state index contributed by atoms with van der Waals surface area (Å²) in [5, 5.41) is 0. The normalized spacial score (nSPS) is 22.5. The maximum absolute atomic E-state index is 13.3. The first kappa shape index (κ1) is 17.8. The number of guanidine groups is 1. The highest BCUT2D eigenvalue weighted by Gasteiger charge is 2.36. The highest BCUT2D eigenvalue weighted by molar-refractivity contribution is 7.89. The van der Waals surface area contributed by atoms with Crippen LogP contribution in [0.4, 0.5) is 0 Å². The van der Waals surface area contributed by atoms with E-state index < -0.39 is 10.0 Å². The fourth-order valence-electron chi connectivity index (χ4n) is 4.15. The summed E-state index contributed by atoms with van der Waals surface area (Å²) in [5.41, 5.74) is 1.87. The zero-order valence-electron chi connectivity index (χ0n) is 15.7. The van der Waals surface area contributed by atoms with Gasteiger partial charge in [-0.25, -0.2) is 12.7 Å². The maximum Gasteiger partial charge on any atom is 0.266 e. The number of aryl methyl sites for hydroxylation is 2. The Morgan fingerprint density at radius 2 is 1.77 bits per heavy atom. The second-order valence-corrected chi connectivity index (χ2v) is 9.47. The largest absolute Gasteiger partial charge is 0.339 e. The summed E-state index contributed by atoms with van der Waals surface area (Å²) in [6.07, 6.45) is 3.97. The van der Waals surface area contributed by atoms with E-state index in [0.29, 0.717) is 23.9 Å². The highest BCUT2D eigenvalue weighted by Crippen LogP contribution is 2.27. The Balaban J connectivity index is 1.51. The van der Waals surface area contributed by atoms with E-state index in [-0.39, 0.29) is 0 Å². The molecule has 3 aliphatic rings. The van der Waals surface area contributed by atoms with Crippen molar-refractivity contribution in [1.29, 1.82) is 0 Å². The molecule has 142 valence electrons. The van der Waals surface area contributed by atoms with Crippen LogP contribution in [0.2, 0.25) is 0 Å². The van der Waals surface area contributed by atoms with Gasteiger partial charge in [0.15, 0.2) is 0 Å². The zero-order chi connectivity index (χ0) is 18.3. The molecule has 0 amide bonds. The number of sulfonamides is 1. The fraction of sp³-hybridized carbons (Fsp3) is 0.632. The van der Waals surface area contributed by atoms with Gasteiger partial charge in [0.05, 0.1) is 18.0 Å². The van der Waals surface area contributed by atoms with Crippen LogP contribution in [0.15, 0.2) is 28.1 Å². The van der Waals surface area contributed by atoms with E-state index in [1.165, 1.54) is 23.6 Å². The Hall–Kier alpha value is -1.60. The third-order valence-electron chi connectivity index (χ3n) is 5.87. The van der Waals surface area contributed by atoms with Gasteiger partial charge in [-0.3, -0.25) is 9.89 Å². The number of hydrogen-bond donors (Lipinski definition) is 0. The number of piperazine rings is 1. The molecule has 6 nitrogen and oxygen atoms in total. The Labute approximate surface area is 156 Å². The van der Waals surface area contributed by atoms with Crippen LogP contribution in [0, 0.1) is 13.8 Å². The Morgan fingerprint density at radius 1 is 1.04 bits per heavy atom. The molecular weight excluding hydrogens is 348 g/mol. The summed E-state index contributed by atoms with van der Waals surface area (Å²) >= 11 is 0. The maximum atomic E-state index is 13.3. The minimum Gasteiger partial charge on any atom is -0.339 e. The smallest absolute Gasteiger partial charge is 0.266 e. The standard InChI is InChI=1S/C19H28N4O2S/c1-15-6-7-18(16(2)14-15)26(24,25)23-9-8-20-19(23)22-12-10-21(11-13-22)17-4-3-5-17/h6-7,14,17H,3-5,8-13H2,1-2H3. The molecule has 2 heterocycles. The first-order valence-corrected chi connectivity index (χ1v) is 11.0. The summed E-state index contributed by atoms with van der Waals surface area (Å²) in [4.78, 5) is 9.66. The van der Waals surface area contributed by atoms with Crippen LogP contribution in [-0.2, 0) is 10.0 Å². The SMILES string of the molecule is Cc1ccc(S(=O)(=O)N2CCN=C2N2CCN(C3CCC3)CC2)c(C)c1. The molecule has 1 aliphatic carbocycles. The average molecular weight is 377 g/mol. The van der Waals surface area contributed by atoms with Gasteiger partial charge < -0.3 is 4.90 Å². The molecule has 26 heavy (non-hydrogen) atoms. The van der Waals surface area contributed by atoms with Gasteiger partial charge in [-0.1, -0.05) is 24.1 Å². The molecule has 7 heteroatoms. The van der Waals surface area contributed by atoms with Crippen molar-refractivity contribution in [2.75, 3.05) is 39.3 Å². The van der Waals surface area contributed by atoms with Crippen molar-refractivity contribution in [1.82, 2.24) is 14.1 Å². The van der Waals surface area contributed by atoms with E-state index in [9.17, 15) is 8.42 Å². The van der Waals surface area contributed by atoms with Crippen molar-refractivity contribution in [3.8, 4) is 0 Å². The van der Waals surface area contributed by atoms with Crippen molar-refractivity contribution >= 4 is 16.0 Å².